The zero-order valence-electron chi connectivity index (χ0n) is 6.17. The molecule has 0 saturated carbocycles. The third kappa shape index (κ3) is 10.6. The van der Waals surface area contributed by atoms with Crippen LogP contribution in [0.1, 0.15) is 12.8 Å². The van der Waals surface area contributed by atoms with Gasteiger partial charge in [0, 0.05) is 11.2 Å². The smallest absolute Gasteiger partial charge is 0.198 e. The van der Waals surface area contributed by atoms with Crippen LogP contribution in [0, 0.1) is 0 Å². The molecule has 0 N–H and O–H groups in total. The van der Waals surface area contributed by atoms with Crippen LogP contribution in [-0.4, -0.2) is 25.0 Å². The second kappa shape index (κ2) is 6.14. The molecule has 0 aromatic rings. The van der Waals surface area contributed by atoms with E-state index in [1.165, 1.54) is 0 Å². The minimum atomic E-state index is -3.18. The maximum Gasteiger partial charge on any atom is 0.198 e. The Kier molecular flexibility index (Phi) is 6.46. The molecule has 0 radical (unpaired) electrons. The molecular weight excluding hydrogens is 240 g/mol. The molecule has 1 atom stereocenters. The van der Waals surface area contributed by atoms with Crippen molar-refractivity contribution in [2.45, 2.75) is 12.8 Å². The van der Waals surface area contributed by atoms with E-state index in [0.29, 0.717) is 12.8 Å². The van der Waals surface area contributed by atoms with E-state index in [9.17, 15) is 12.6 Å². The van der Waals surface area contributed by atoms with Gasteiger partial charge in [-0.3, -0.25) is 4.18 Å². The van der Waals surface area contributed by atoms with Gasteiger partial charge in [0.2, 0.25) is 0 Å². The fraction of sp³-hybridized carbons (Fsp3) is 1.00. The minimum absolute atomic E-state index is 0.00762. The molecule has 8 heteroatoms. The second-order valence-electron chi connectivity index (χ2n) is 2.05. The molecule has 0 aromatic heterocycles. The molecule has 0 saturated heterocycles. The lowest BCUT2D eigenvalue weighted by Crippen LogP contribution is -1.99. The van der Waals surface area contributed by atoms with Crippen molar-refractivity contribution in [3.05, 3.63) is 0 Å². The van der Waals surface area contributed by atoms with E-state index < -0.39 is 18.5 Å². The fourth-order valence-electron chi connectivity index (χ4n) is 0.526. The third-order valence-corrected chi connectivity index (χ3v) is 3.06. The van der Waals surface area contributed by atoms with Crippen LogP contribution in [0.25, 0.3) is 0 Å². The Morgan fingerprint density at radius 2 is 2.00 bits per heavy atom. The Bertz CT molecular complexity index is 269. The topological polar surface area (TPSA) is 60.4 Å². The van der Waals surface area contributed by atoms with Gasteiger partial charge in [-0.2, -0.15) is 0 Å². The van der Waals surface area contributed by atoms with Crippen molar-refractivity contribution in [1.82, 2.24) is 0 Å². The molecule has 0 spiro atoms. The van der Waals surface area contributed by atoms with Crippen molar-refractivity contribution in [1.29, 1.82) is 0 Å². The summed E-state index contributed by atoms with van der Waals surface area (Å²) in [4.78, 5) is 0. The number of unbranched alkanes of at least 4 members (excludes halogenated alkanes) is 1. The summed E-state index contributed by atoms with van der Waals surface area (Å²) < 4.78 is 35.7. The normalized spacial score (nSPS) is 14.4. The summed E-state index contributed by atoms with van der Waals surface area (Å²) in [7, 11) is -5.17. The molecular formula is C4H10O4S4. The average molecular weight is 250 g/mol. The lowest BCUT2D eigenvalue weighted by Gasteiger charge is -1.96. The first-order valence-electron chi connectivity index (χ1n) is 3.14. The van der Waals surface area contributed by atoms with Crippen molar-refractivity contribution < 1.29 is 16.8 Å². The van der Waals surface area contributed by atoms with E-state index in [-0.39, 0.29) is 12.4 Å². The summed E-state index contributed by atoms with van der Waals surface area (Å²) >= 11 is 7.61. The Labute approximate surface area is 83.3 Å². The van der Waals surface area contributed by atoms with Gasteiger partial charge in [0.1, 0.15) is 9.64 Å². The van der Waals surface area contributed by atoms with Crippen molar-refractivity contribution in [2.75, 3.05) is 12.4 Å². The molecule has 12 heavy (non-hydrogen) atoms. The summed E-state index contributed by atoms with van der Waals surface area (Å²) in [5.74, 6) is 0.00762. The number of hydrogen-bond donors (Lipinski definition) is 2. The standard InChI is InChI=1S/C4H10O4S4/c5-11(9)8-3-1-2-4-12(6,7)10/h11H,1-4H2,(H,6,7,10). The first-order chi connectivity index (χ1) is 5.42. The summed E-state index contributed by atoms with van der Waals surface area (Å²) in [6, 6.07) is 0. The number of thiol groups is 2. The molecule has 0 aliphatic heterocycles. The van der Waals surface area contributed by atoms with Gasteiger partial charge in [-0.1, -0.05) is 0 Å². The largest absolute Gasteiger partial charge is 0.292 e. The van der Waals surface area contributed by atoms with E-state index in [4.69, 9.17) is 0 Å². The molecule has 0 aromatic carbocycles. The van der Waals surface area contributed by atoms with E-state index in [2.05, 4.69) is 27.0 Å². The maximum atomic E-state index is 10.5. The van der Waals surface area contributed by atoms with E-state index >= 15 is 0 Å². The van der Waals surface area contributed by atoms with Crippen LogP contribution in [0.15, 0.2) is 0 Å². The number of hydrogen-bond acceptors (Lipinski definition) is 5. The van der Waals surface area contributed by atoms with Crippen LogP contribution in [0.2, 0.25) is 0 Å². The Hall–Kier alpha value is 0.630. The van der Waals surface area contributed by atoms with Gasteiger partial charge in [0.25, 0.3) is 0 Å². The van der Waals surface area contributed by atoms with Crippen molar-refractivity contribution in [3.8, 4) is 0 Å². The summed E-state index contributed by atoms with van der Waals surface area (Å²) in [5, 5.41) is 0. The Balaban J connectivity index is 3.35. The molecule has 0 amide bonds. The van der Waals surface area contributed by atoms with E-state index in [1.807, 2.05) is 0 Å². The van der Waals surface area contributed by atoms with Crippen LogP contribution in [0.5, 0.6) is 0 Å². The van der Waals surface area contributed by atoms with E-state index in [0.717, 1.165) is 0 Å². The van der Waals surface area contributed by atoms with Crippen molar-refractivity contribution >= 4 is 41.4 Å². The van der Waals surface area contributed by atoms with Crippen molar-refractivity contribution in [3.63, 3.8) is 0 Å². The van der Waals surface area contributed by atoms with Gasteiger partial charge in [-0.05, 0) is 24.5 Å². The lowest BCUT2D eigenvalue weighted by molar-refractivity contribution is 0.348. The summed E-state index contributed by atoms with van der Waals surface area (Å²) in [6.07, 6.45) is 0.974. The second-order valence-corrected chi connectivity index (χ2v) is 6.89. The Morgan fingerprint density at radius 3 is 2.42 bits per heavy atom. The predicted molar refractivity (Wildman–Crippen MR) is 54.9 cm³/mol. The molecule has 4 nitrogen and oxygen atoms in total. The van der Waals surface area contributed by atoms with Gasteiger partial charge in [0.15, 0.2) is 8.87 Å². The molecule has 74 valence electrons. The zero-order chi connectivity index (χ0) is 9.61. The highest BCUT2D eigenvalue weighted by Gasteiger charge is 2.01. The highest BCUT2D eigenvalue weighted by atomic mass is 33.1. The quantitative estimate of drug-likeness (QED) is 0.392. The molecule has 0 rings (SSSR count). The van der Waals surface area contributed by atoms with Crippen LogP contribution in [-0.2, 0) is 33.9 Å². The van der Waals surface area contributed by atoms with Crippen LogP contribution in [0.4, 0.5) is 0 Å². The summed E-state index contributed by atoms with van der Waals surface area (Å²) in [5.41, 5.74) is 0. The summed E-state index contributed by atoms with van der Waals surface area (Å²) in [6.45, 7) is 0.238. The third-order valence-electron chi connectivity index (χ3n) is 0.993. The highest BCUT2D eigenvalue weighted by molar-refractivity contribution is 8.63. The molecule has 0 aliphatic rings. The van der Waals surface area contributed by atoms with Gasteiger partial charge in [-0.15, -0.1) is 0 Å². The van der Waals surface area contributed by atoms with E-state index in [1.54, 1.807) is 0 Å². The monoisotopic (exact) mass is 250 g/mol. The Morgan fingerprint density at radius 1 is 1.42 bits per heavy atom. The van der Waals surface area contributed by atoms with Gasteiger partial charge in [0.05, 0.1) is 12.4 Å². The van der Waals surface area contributed by atoms with Crippen LogP contribution in [0.3, 0.4) is 0 Å². The maximum absolute atomic E-state index is 10.5. The predicted octanol–water partition coefficient (Wildman–Crippen LogP) is -0.0993. The first kappa shape index (κ1) is 12.6. The fourth-order valence-corrected chi connectivity index (χ4v) is 1.98. The van der Waals surface area contributed by atoms with Gasteiger partial charge >= 0.3 is 0 Å². The average Bonchev–Trinajstić information content (AvgIpc) is 1.83. The molecule has 0 fully saturated rings. The van der Waals surface area contributed by atoms with Gasteiger partial charge in [-0.25, -0.2) is 12.6 Å². The zero-order valence-corrected chi connectivity index (χ0v) is 9.59. The first-order valence-corrected chi connectivity index (χ1v) is 8.04. The molecule has 0 heterocycles. The molecule has 0 aliphatic carbocycles. The SMILES string of the molecule is O=[SH](=S)OCCCCS(=O)(=O)S. The van der Waals surface area contributed by atoms with Crippen molar-refractivity contribution in [2.24, 2.45) is 0 Å². The molecule has 0 bridgehead atoms. The van der Waals surface area contributed by atoms with Crippen LogP contribution < -0.4 is 0 Å². The highest BCUT2D eigenvalue weighted by Crippen LogP contribution is 2.00. The van der Waals surface area contributed by atoms with Crippen LogP contribution >= 0.6 is 11.7 Å². The lowest BCUT2D eigenvalue weighted by atomic mass is 10.4. The number of rotatable bonds is 6. The molecule has 1 unspecified atom stereocenters. The minimum Gasteiger partial charge on any atom is -0.292 e. The van der Waals surface area contributed by atoms with Gasteiger partial charge < -0.3 is 0 Å².